The van der Waals surface area contributed by atoms with Gasteiger partial charge in [-0.15, -0.1) is 0 Å². The van der Waals surface area contributed by atoms with Crippen LogP contribution in [0.15, 0.2) is 42.6 Å². The van der Waals surface area contributed by atoms with Crippen LogP contribution in [0.4, 0.5) is 5.69 Å². The molecule has 0 saturated carbocycles. The number of fused-ring (bicyclic) bond motifs is 1. The number of nitrogens with zero attached hydrogens (tertiary/aromatic N) is 6. The minimum Gasteiger partial charge on any atom is -0.481 e. The molecule has 2 fully saturated rings. The van der Waals surface area contributed by atoms with E-state index in [4.69, 9.17) is 32.9 Å². The Hall–Kier alpha value is -5.05. The molecular formula is C39H43Cl2N9O5. The quantitative estimate of drug-likeness (QED) is 0.208. The number of carbonyl (C=O) groups is 4. The number of likely N-dealkylation sites (tertiary alicyclic amines) is 1. The van der Waals surface area contributed by atoms with Gasteiger partial charge in [0.15, 0.2) is 5.82 Å². The van der Waals surface area contributed by atoms with Crippen molar-refractivity contribution in [2.45, 2.75) is 58.2 Å². The summed E-state index contributed by atoms with van der Waals surface area (Å²) in [4.78, 5) is 68.1. The molecule has 1 aromatic carbocycles. The van der Waals surface area contributed by atoms with Crippen molar-refractivity contribution >= 4 is 52.5 Å². The number of hydrogen-bond acceptors (Lipinski definition) is 9. The first-order valence-electron chi connectivity index (χ1n) is 18.4. The van der Waals surface area contributed by atoms with Gasteiger partial charge in [0, 0.05) is 94.2 Å². The molecule has 2 saturated heterocycles. The predicted octanol–water partition coefficient (Wildman–Crippen LogP) is 4.62. The molecule has 16 heteroatoms. The molecule has 0 radical (unpaired) electrons. The van der Waals surface area contributed by atoms with Crippen molar-refractivity contribution in [2.75, 3.05) is 38.6 Å². The van der Waals surface area contributed by atoms with Crippen LogP contribution >= 0.6 is 23.2 Å². The van der Waals surface area contributed by atoms with E-state index in [0.717, 1.165) is 30.5 Å². The Morgan fingerprint density at radius 2 is 1.84 bits per heavy atom. The number of hydrogen-bond donors (Lipinski definition) is 3. The molecule has 0 aliphatic carbocycles. The monoisotopic (exact) mass is 787 g/mol. The Morgan fingerprint density at radius 1 is 1.00 bits per heavy atom. The third-order valence-electron chi connectivity index (χ3n) is 10.6. The third kappa shape index (κ3) is 8.03. The van der Waals surface area contributed by atoms with Crippen LogP contribution in [0.25, 0.3) is 22.5 Å². The molecule has 0 bridgehead atoms. The Bertz CT molecular complexity index is 2160. The van der Waals surface area contributed by atoms with E-state index in [1.165, 1.54) is 6.92 Å². The number of anilines is 1. The van der Waals surface area contributed by atoms with Gasteiger partial charge in [-0.1, -0.05) is 41.4 Å². The van der Waals surface area contributed by atoms with Crippen LogP contribution in [-0.4, -0.2) is 92.3 Å². The van der Waals surface area contributed by atoms with E-state index in [1.54, 1.807) is 59.0 Å². The highest BCUT2D eigenvalue weighted by Gasteiger charge is 2.34. The maximum atomic E-state index is 13.7. The smallest absolute Gasteiger partial charge is 0.291 e. The van der Waals surface area contributed by atoms with Crippen LogP contribution < -0.4 is 20.7 Å². The van der Waals surface area contributed by atoms with E-state index in [1.807, 2.05) is 12.1 Å². The van der Waals surface area contributed by atoms with Gasteiger partial charge in [0.1, 0.15) is 0 Å². The summed E-state index contributed by atoms with van der Waals surface area (Å²) in [6, 6.07) is 10.9. The second-order valence-corrected chi connectivity index (χ2v) is 14.9. The van der Waals surface area contributed by atoms with Gasteiger partial charge in [-0.05, 0) is 37.5 Å². The summed E-state index contributed by atoms with van der Waals surface area (Å²) in [5.74, 6) is 0.0193. The summed E-state index contributed by atoms with van der Waals surface area (Å²) in [6.07, 6.45) is 5.08. The van der Waals surface area contributed by atoms with Crippen molar-refractivity contribution in [3.05, 3.63) is 75.4 Å². The zero-order valence-corrected chi connectivity index (χ0v) is 32.5. The third-order valence-corrected chi connectivity index (χ3v) is 11.4. The van der Waals surface area contributed by atoms with Crippen molar-refractivity contribution in [2.24, 2.45) is 13.0 Å². The van der Waals surface area contributed by atoms with Crippen LogP contribution in [-0.2, 0) is 40.9 Å². The average Bonchev–Trinajstić information content (AvgIpc) is 3.77. The van der Waals surface area contributed by atoms with Gasteiger partial charge in [-0.3, -0.25) is 24.2 Å². The largest absolute Gasteiger partial charge is 0.481 e. The molecule has 14 nitrogen and oxygen atoms in total. The SMILES string of the molecule is COc1nc(-c2ccnc(-c3cccc(NC(=O)c4nc5c(n4C)CCN(C(=O)[C@H]4CCCN(C(C)=O)C4)C5)c3Cl)c2Cl)ccc1CNC[C@H]1CCC(=O)N1. The molecule has 2 atom stereocenters. The number of nitrogens with one attached hydrogen (secondary N) is 3. The summed E-state index contributed by atoms with van der Waals surface area (Å²) >= 11 is 13.9. The van der Waals surface area contributed by atoms with E-state index >= 15 is 0 Å². The maximum Gasteiger partial charge on any atom is 0.291 e. The fourth-order valence-electron chi connectivity index (χ4n) is 7.60. The topological polar surface area (TPSA) is 164 Å². The van der Waals surface area contributed by atoms with Crippen molar-refractivity contribution < 1.29 is 23.9 Å². The number of aromatic nitrogens is 4. The molecule has 0 spiro atoms. The second-order valence-electron chi connectivity index (χ2n) is 14.1. The summed E-state index contributed by atoms with van der Waals surface area (Å²) in [5.41, 5.74) is 4.89. The molecule has 3 N–H and O–H groups in total. The first kappa shape index (κ1) is 38.2. The predicted molar refractivity (Wildman–Crippen MR) is 208 cm³/mol. The van der Waals surface area contributed by atoms with Crippen LogP contribution in [0.3, 0.4) is 0 Å². The number of imidazole rings is 1. The van der Waals surface area contributed by atoms with Crippen LogP contribution in [0.1, 0.15) is 60.2 Å². The first-order valence-corrected chi connectivity index (χ1v) is 19.2. The lowest BCUT2D eigenvalue weighted by atomic mass is 9.95. The van der Waals surface area contributed by atoms with E-state index in [9.17, 15) is 19.2 Å². The Morgan fingerprint density at radius 3 is 2.60 bits per heavy atom. The molecular weight excluding hydrogens is 745 g/mol. The van der Waals surface area contributed by atoms with Crippen molar-refractivity contribution in [3.8, 4) is 28.4 Å². The van der Waals surface area contributed by atoms with Crippen LogP contribution in [0.2, 0.25) is 10.0 Å². The molecule has 0 unspecified atom stereocenters. The van der Waals surface area contributed by atoms with Gasteiger partial charge in [0.05, 0.1) is 52.4 Å². The number of rotatable bonds is 10. The maximum absolute atomic E-state index is 13.7. The zero-order chi connectivity index (χ0) is 38.8. The van der Waals surface area contributed by atoms with Crippen LogP contribution in [0.5, 0.6) is 5.88 Å². The minimum atomic E-state index is -0.454. The lowest BCUT2D eigenvalue weighted by molar-refractivity contribution is -0.141. The van der Waals surface area contributed by atoms with Gasteiger partial charge in [0.25, 0.3) is 5.91 Å². The van der Waals surface area contributed by atoms with Crippen molar-refractivity contribution in [1.29, 1.82) is 0 Å². The lowest BCUT2D eigenvalue weighted by Crippen LogP contribution is -2.47. The number of pyridine rings is 2. The molecule has 288 valence electrons. The lowest BCUT2D eigenvalue weighted by Gasteiger charge is -2.35. The molecule has 4 amide bonds. The van der Waals surface area contributed by atoms with Crippen LogP contribution in [0, 0.1) is 5.92 Å². The molecule has 4 aromatic rings. The summed E-state index contributed by atoms with van der Waals surface area (Å²) in [5, 5.41) is 9.80. The zero-order valence-electron chi connectivity index (χ0n) is 31.0. The first-order chi connectivity index (χ1) is 26.5. The average molecular weight is 789 g/mol. The second kappa shape index (κ2) is 16.4. The number of piperidine rings is 1. The highest BCUT2D eigenvalue weighted by molar-refractivity contribution is 6.39. The van der Waals surface area contributed by atoms with Gasteiger partial charge in [-0.25, -0.2) is 9.97 Å². The fourth-order valence-corrected chi connectivity index (χ4v) is 8.18. The Labute approximate surface area is 328 Å². The highest BCUT2D eigenvalue weighted by Crippen LogP contribution is 2.40. The molecule has 3 aromatic heterocycles. The number of benzene rings is 1. The summed E-state index contributed by atoms with van der Waals surface area (Å²) < 4.78 is 7.39. The van der Waals surface area contributed by atoms with Gasteiger partial charge in [0.2, 0.25) is 23.6 Å². The van der Waals surface area contributed by atoms with Gasteiger partial charge >= 0.3 is 0 Å². The molecule has 7 rings (SSSR count). The molecule has 3 aliphatic heterocycles. The van der Waals surface area contributed by atoms with Gasteiger partial charge < -0.3 is 35.1 Å². The molecule has 6 heterocycles. The van der Waals surface area contributed by atoms with E-state index in [0.29, 0.717) is 96.9 Å². The summed E-state index contributed by atoms with van der Waals surface area (Å²) in [7, 11) is 3.35. The van der Waals surface area contributed by atoms with Crippen molar-refractivity contribution in [1.82, 2.24) is 40.0 Å². The number of carbonyl (C=O) groups excluding carboxylic acids is 4. The van der Waals surface area contributed by atoms with E-state index in [2.05, 4.69) is 25.9 Å². The molecule has 3 aliphatic rings. The summed E-state index contributed by atoms with van der Waals surface area (Å²) in [6.45, 7) is 4.60. The number of halogens is 2. The Balaban J connectivity index is 1.05. The number of amides is 4. The molecule has 55 heavy (non-hydrogen) atoms. The Kier molecular flexibility index (Phi) is 11.4. The highest BCUT2D eigenvalue weighted by atomic mass is 35.5. The number of ether oxygens (including phenoxy) is 1. The number of methoxy groups -OCH3 is 1. The van der Waals surface area contributed by atoms with E-state index < -0.39 is 5.91 Å². The van der Waals surface area contributed by atoms with Crippen molar-refractivity contribution in [3.63, 3.8) is 0 Å². The van der Waals surface area contributed by atoms with E-state index in [-0.39, 0.29) is 40.5 Å². The van der Waals surface area contributed by atoms with Gasteiger partial charge in [-0.2, -0.15) is 0 Å². The normalized spacial score (nSPS) is 18.2. The minimum absolute atomic E-state index is 0.0145. The standard InChI is InChI=1S/C39H43Cl2N9O5/c1-22(51)49-16-5-6-24(20-49)39(54)50-17-14-31-30(21-50)45-36(48(31)2)37(53)46-29-8-4-7-27(33(29)40)35-34(41)26(13-15-43-35)28-11-9-23(38(47-28)55-3)18-42-19-25-10-12-32(52)44-25/h4,7-9,11,13,15,24-25,42H,5-6,10,12,14,16-21H2,1-3H3,(H,44,52)(H,46,53)/t24-,25+/m0/s1. The fraction of sp³-hybridized carbons (Fsp3) is 0.410.